The molecule has 82 valence electrons. The van der Waals surface area contributed by atoms with Crippen LogP contribution in [-0.2, 0) is 24.4 Å². The first-order valence-corrected chi connectivity index (χ1v) is 6.35. The number of benzene rings is 1. The quantitative estimate of drug-likeness (QED) is 0.783. The van der Waals surface area contributed by atoms with Crippen molar-refractivity contribution in [2.24, 2.45) is 0 Å². The van der Waals surface area contributed by atoms with Gasteiger partial charge in [0.25, 0.3) is 0 Å². The molecular weight excluding hydrogens is 252 g/mol. The molecule has 0 saturated heterocycles. The Kier molecular flexibility index (Phi) is 3.17. The molecule has 0 radical (unpaired) electrons. The third-order valence-corrected chi connectivity index (χ3v) is 4.02. The van der Waals surface area contributed by atoms with E-state index in [-0.39, 0.29) is 0 Å². The number of hydrogen-bond donors (Lipinski definition) is 0. The van der Waals surface area contributed by atoms with E-state index in [0.29, 0.717) is 5.92 Å². The van der Waals surface area contributed by atoms with Crippen LogP contribution in [0.3, 0.4) is 0 Å². The minimum absolute atomic E-state index is 0.565. The van der Waals surface area contributed by atoms with Gasteiger partial charge in [-0.25, -0.2) is 0 Å². The predicted molar refractivity (Wildman–Crippen MR) is 66.1 cm³/mol. The van der Waals surface area contributed by atoms with Crippen LogP contribution >= 0.6 is 15.9 Å². The van der Waals surface area contributed by atoms with Crippen molar-refractivity contribution in [2.45, 2.75) is 46.3 Å². The molecule has 0 saturated carbocycles. The lowest BCUT2D eigenvalue weighted by molar-refractivity contribution is 0.134. The van der Waals surface area contributed by atoms with Crippen molar-refractivity contribution in [3.05, 3.63) is 32.8 Å². The highest BCUT2D eigenvalue weighted by molar-refractivity contribution is 9.10. The zero-order valence-corrected chi connectivity index (χ0v) is 11.1. The number of fused-ring (bicyclic) bond motifs is 1. The smallest absolute Gasteiger partial charge is 0.0728 e. The molecule has 0 aliphatic carbocycles. The maximum Gasteiger partial charge on any atom is 0.0728 e. The van der Waals surface area contributed by atoms with E-state index >= 15 is 0 Å². The summed E-state index contributed by atoms with van der Waals surface area (Å²) in [7, 11) is 0. The number of rotatable bonds is 2. The van der Waals surface area contributed by atoms with Crippen molar-refractivity contribution in [3.63, 3.8) is 0 Å². The molecule has 0 atom stereocenters. The van der Waals surface area contributed by atoms with E-state index in [1.54, 1.807) is 0 Å². The summed E-state index contributed by atoms with van der Waals surface area (Å²) in [5.41, 5.74) is 5.65. The van der Waals surface area contributed by atoms with Gasteiger partial charge in [-0.1, -0.05) is 42.8 Å². The SMILES string of the molecule is CCc1c(Br)c(C(C)C)cc2c1COC2. The summed E-state index contributed by atoms with van der Waals surface area (Å²) in [4.78, 5) is 0. The van der Waals surface area contributed by atoms with Crippen molar-refractivity contribution >= 4 is 15.9 Å². The fourth-order valence-corrected chi connectivity index (χ4v) is 3.29. The Hall–Kier alpha value is -0.340. The second kappa shape index (κ2) is 4.26. The normalized spacial score (nSPS) is 14.7. The van der Waals surface area contributed by atoms with E-state index in [0.717, 1.165) is 19.6 Å². The first-order valence-electron chi connectivity index (χ1n) is 5.55. The standard InChI is InChI=1S/C13H17BrO/c1-4-10-12-7-15-6-9(12)5-11(8(2)3)13(10)14/h5,8H,4,6-7H2,1-3H3. The molecule has 0 aromatic heterocycles. The summed E-state index contributed by atoms with van der Waals surface area (Å²) in [6, 6.07) is 2.30. The molecule has 1 aliphatic heterocycles. The Morgan fingerprint density at radius 2 is 2.13 bits per heavy atom. The number of ether oxygens (including phenoxy) is 1. The van der Waals surface area contributed by atoms with E-state index < -0.39 is 0 Å². The second-order valence-electron chi connectivity index (χ2n) is 4.40. The summed E-state index contributed by atoms with van der Waals surface area (Å²) in [6.07, 6.45) is 1.08. The topological polar surface area (TPSA) is 9.23 Å². The highest BCUT2D eigenvalue weighted by atomic mass is 79.9. The Balaban J connectivity index is 2.61. The average molecular weight is 269 g/mol. The highest BCUT2D eigenvalue weighted by Gasteiger charge is 2.20. The third-order valence-electron chi connectivity index (χ3n) is 3.08. The Labute approximate surface area is 100.0 Å². The maximum atomic E-state index is 5.53. The van der Waals surface area contributed by atoms with Crippen molar-refractivity contribution in [2.75, 3.05) is 0 Å². The summed E-state index contributed by atoms with van der Waals surface area (Å²) in [6.45, 7) is 8.26. The molecule has 2 heteroatoms. The maximum absolute atomic E-state index is 5.53. The fraction of sp³-hybridized carbons (Fsp3) is 0.538. The fourth-order valence-electron chi connectivity index (χ4n) is 2.20. The van der Waals surface area contributed by atoms with Crippen LogP contribution < -0.4 is 0 Å². The van der Waals surface area contributed by atoms with Crippen LogP contribution in [-0.4, -0.2) is 0 Å². The Morgan fingerprint density at radius 1 is 1.40 bits per heavy atom. The second-order valence-corrected chi connectivity index (χ2v) is 5.19. The van der Waals surface area contributed by atoms with Gasteiger partial charge in [-0.3, -0.25) is 0 Å². The van der Waals surface area contributed by atoms with Gasteiger partial charge in [-0.15, -0.1) is 0 Å². The third kappa shape index (κ3) is 1.85. The first kappa shape index (κ1) is 11.2. The van der Waals surface area contributed by atoms with E-state index in [4.69, 9.17) is 4.74 Å². The van der Waals surface area contributed by atoms with Gasteiger partial charge in [0.05, 0.1) is 13.2 Å². The van der Waals surface area contributed by atoms with Crippen LogP contribution in [0, 0.1) is 0 Å². The zero-order valence-electron chi connectivity index (χ0n) is 9.56. The minimum Gasteiger partial charge on any atom is -0.372 e. The Bertz CT molecular complexity index is 383. The van der Waals surface area contributed by atoms with Crippen LogP contribution in [0.1, 0.15) is 48.9 Å². The number of halogens is 1. The molecule has 1 aromatic carbocycles. The molecule has 0 N–H and O–H groups in total. The lowest BCUT2D eigenvalue weighted by Gasteiger charge is -2.15. The van der Waals surface area contributed by atoms with Gasteiger partial charge in [0.2, 0.25) is 0 Å². The zero-order chi connectivity index (χ0) is 11.0. The summed E-state index contributed by atoms with van der Waals surface area (Å²) >= 11 is 3.74. The summed E-state index contributed by atoms with van der Waals surface area (Å²) in [5, 5.41) is 0. The van der Waals surface area contributed by atoms with Gasteiger partial charge in [0.15, 0.2) is 0 Å². The Morgan fingerprint density at radius 3 is 2.73 bits per heavy atom. The molecule has 1 nitrogen and oxygen atoms in total. The summed E-state index contributed by atoms with van der Waals surface area (Å²) in [5.74, 6) is 0.565. The molecule has 2 rings (SSSR count). The molecule has 0 fully saturated rings. The van der Waals surface area contributed by atoms with E-state index in [9.17, 15) is 0 Å². The van der Waals surface area contributed by atoms with Crippen molar-refractivity contribution < 1.29 is 4.74 Å². The van der Waals surface area contributed by atoms with Crippen LogP contribution in [0.25, 0.3) is 0 Å². The predicted octanol–water partition coefficient (Wildman–Crippen LogP) is 4.17. The van der Waals surface area contributed by atoms with Gasteiger partial charge in [0.1, 0.15) is 0 Å². The minimum atomic E-state index is 0.565. The van der Waals surface area contributed by atoms with Gasteiger partial charge >= 0.3 is 0 Å². The van der Waals surface area contributed by atoms with Crippen molar-refractivity contribution in [1.82, 2.24) is 0 Å². The van der Waals surface area contributed by atoms with Crippen LogP contribution in [0.2, 0.25) is 0 Å². The van der Waals surface area contributed by atoms with Crippen LogP contribution in [0.15, 0.2) is 10.5 Å². The van der Waals surface area contributed by atoms with Gasteiger partial charge in [0, 0.05) is 4.47 Å². The van der Waals surface area contributed by atoms with Crippen molar-refractivity contribution in [3.8, 4) is 0 Å². The van der Waals surface area contributed by atoms with Crippen LogP contribution in [0.5, 0.6) is 0 Å². The number of hydrogen-bond acceptors (Lipinski definition) is 1. The monoisotopic (exact) mass is 268 g/mol. The molecule has 0 amide bonds. The van der Waals surface area contributed by atoms with Gasteiger partial charge in [-0.05, 0) is 34.6 Å². The first-order chi connectivity index (χ1) is 7.15. The lowest BCUT2D eigenvalue weighted by atomic mass is 9.93. The molecule has 0 unspecified atom stereocenters. The van der Waals surface area contributed by atoms with Gasteiger partial charge < -0.3 is 4.74 Å². The molecule has 0 spiro atoms. The van der Waals surface area contributed by atoms with E-state index in [1.165, 1.54) is 26.7 Å². The molecule has 1 aliphatic rings. The highest BCUT2D eigenvalue weighted by Crippen LogP contribution is 2.36. The van der Waals surface area contributed by atoms with E-state index in [1.807, 2.05) is 0 Å². The van der Waals surface area contributed by atoms with Gasteiger partial charge in [-0.2, -0.15) is 0 Å². The van der Waals surface area contributed by atoms with E-state index in [2.05, 4.69) is 42.8 Å². The largest absolute Gasteiger partial charge is 0.372 e. The summed E-state index contributed by atoms with van der Waals surface area (Å²) < 4.78 is 6.82. The van der Waals surface area contributed by atoms with Crippen molar-refractivity contribution in [1.29, 1.82) is 0 Å². The molecular formula is C13H17BrO. The molecule has 15 heavy (non-hydrogen) atoms. The van der Waals surface area contributed by atoms with Crippen LogP contribution in [0.4, 0.5) is 0 Å². The molecule has 0 bridgehead atoms. The lowest BCUT2D eigenvalue weighted by Crippen LogP contribution is -2.00. The molecule has 1 heterocycles. The molecule has 1 aromatic rings. The average Bonchev–Trinajstić information content (AvgIpc) is 2.64.